The lowest BCUT2D eigenvalue weighted by Gasteiger charge is -2.27. The number of anilines is 1. The molecule has 1 amide bonds. The van der Waals surface area contributed by atoms with Gasteiger partial charge in [0.05, 0.1) is 15.6 Å². The average Bonchev–Trinajstić information content (AvgIpc) is 2.62. The average molecular weight is 482 g/mol. The number of carbonyl (C=O) groups is 1. The van der Waals surface area contributed by atoms with Crippen molar-refractivity contribution < 1.29 is 9.72 Å². The second-order valence-corrected chi connectivity index (χ2v) is 8.52. The van der Waals surface area contributed by atoms with Gasteiger partial charge in [-0.25, -0.2) is 0 Å². The zero-order valence-corrected chi connectivity index (χ0v) is 17.6. The first-order valence-electron chi connectivity index (χ1n) is 7.52. The standard InChI is InChI=1S/C16H12Cl4N4O3S/c17-11-6-1-2-7-12(11)21-15(28)23-14(16(18,19)20)22-13(25)9-4-3-5-10(8-9)24(26)27/h1-8,14H,(H,22,25)(H2,21,23,28)/t14-/m1/s1. The number of nitro benzene ring substituents is 1. The van der Waals surface area contributed by atoms with Gasteiger partial charge in [-0.05, 0) is 30.4 Å². The third-order valence-electron chi connectivity index (χ3n) is 3.32. The summed E-state index contributed by atoms with van der Waals surface area (Å²) in [5.74, 6) is -0.701. The molecule has 0 heterocycles. The van der Waals surface area contributed by atoms with E-state index in [2.05, 4.69) is 16.0 Å². The van der Waals surface area contributed by atoms with Crippen LogP contribution in [0.2, 0.25) is 5.02 Å². The quantitative estimate of drug-likeness (QED) is 0.189. The van der Waals surface area contributed by atoms with Crippen LogP contribution in [0.25, 0.3) is 0 Å². The number of rotatable bonds is 5. The van der Waals surface area contributed by atoms with Gasteiger partial charge in [0.25, 0.3) is 11.6 Å². The Morgan fingerprint density at radius 3 is 2.39 bits per heavy atom. The van der Waals surface area contributed by atoms with Gasteiger partial charge in [-0.1, -0.05) is 64.6 Å². The zero-order chi connectivity index (χ0) is 20.9. The predicted octanol–water partition coefficient (Wildman–Crippen LogP) is 4.66. The van der Waals surface area contributed by atoms with E-state index >= 15 is 0 Å². The number of para-hydroxylation sites is 1. The van der Waals surface area contributed by atoms with E-state index in [-0.39, 0.29) is 16.4 Å². The fourth-order valence-electron chi connectivity index (χ4n) is 2.03. The molecule has 148 valence electrons. The predicted molar refractivity (Wildman–Crippen MR) is 115 cm³/mol. The number of benzene rings is 2. The van der Waals surface area contributed by atoms with Crippen LogP contribution in [0.1, 0.15) is 10.4 Å². The zero-order valence-electron chi connectivity index (χ0n) is 13.8. The second-order valence-electron chi connectivity index (χ2n) is 5.33. The summed E-state index contributed by atoms with van der Waals surface area (Å²) in [5, 5.41) is 19.2. The fraction of sp³-hybridized carbons (Fsp3) is 0.125. The fourth-order valence-corrected chi connectivity index (χ4v) is 2.77. The number of carbonyl (C=O) groups excluding carboxylic acids is 1. The van der Waals surface area contributed by atoms with Gasteiger partial charge in [0.15, 0.2) is 5.11 Å². The summed E-state index contributed by atoms with van der Waals surface area (Å²) in [5.41, 5.74) is 0.275. The highest BCUT2D eigenvalue weighted by atomic mass is 35.6. The molecule has 0 aromatic heterocycles. The molecule has 0 aliphatic carbocycles. The van der Waals surface area contributed by atoms with E-state index < -0.39 is 20.8 Å². The number of nitrogens with zero attached hydrogens (tertiary/aromatic N) is 1. The Bertz CT molecular complexity index is 907. The van der Waals surface area contributed by atoms with Gasteiger partial charge in [-0.3, -0.25) is 14.9 Å². The highest BCUT2D eigenvalue weighted by Gasteiger charge is 2.35. The molecule has 0 aliphatic heterocycles. The Morgan fingerprint density at radius 2 is 1.79 bits per heavy atom. The van der Waals surface area contributed by atoms with Gasteiger partial charge in [-0.2, -0.15) is 0 Å². The minimum atomic E-state index is -1.98. The maximum absolute atomic E-state index is 12.4. The van der Waals surface area contributed by atoms with Gasteiger partial charge in [0.1, 0.15) is 6.17 Å². The van der Waals surface area contributed by atoms with Crippen LogP contribution in [0.15, 0.2) is 48.5 Å². The molecular formula is C16H12Cl4N4O3S. The molecule has 0 radical (unpaired) electrons. The van der Waals surface area contributed by atoms with Crippen LogP contribution in [-0.2, 0) is 0 Å². The second kappa shape index (κ2) is 9.58. The van der Waals surface area contributed by atoms with E-state index in [1.54, 1.807) is 24.3 Å². The molecule has 2 aromatic rings. The molecule has 28 heavy (non-hydrogen) atoms. The number of hydrogen-bond donors (Lipinski definition) is 3. The number of nitrogens with one attached hydrogen (secondary N) is 3. The molecule has 0 fully saturated rings. The molecule has 0 bridgehead atoms. The number of non-ortho nitro benzene ring substituents is 1. The molecule has 1 atom stereocenters. The van der Waals surface area contributed by atoms with Crippen molar-refractivity contribution in [1.82, 2.24) is 10.6 Å². The van der Waals surface area contributed by atoms with Crippen molar-refractivity contribution in [2.45, 2.75) is 9.96 Å². The first-order chi connectivity index (χ1) is 13.1. The summed E-state index contributed by atoms with van der Waals surface area (Å²) in [4.78, 5) is 22.7. The molecule has 3 N–H and O–H groups in total. The summed E-state index contributed by atoms with van der Waals surface area (Å²) in [7, 11) is 0. The third kappa shape index (κ3) is 6.35. The maximum Gasteiger partial charge on any atom is 0.270 e. The first-order valence-corrected chi connectivity index (χ1v) is 9.44. The van der Waals surface area contributed by atoms with Gasteiger partial charge >= 0.3 is 0 Å². The smallest absolute Gasteiger partial charge is 0.270 e. The summed E-state index contributed by atoms with van der Waals surface area (Å²) in [6.07, 6.45) is -1.24. The number of halogens is 4. The normalized spacial score (nSPS) is 12.0. The molecule has 0 unspecified atom stereocenters. The van der Waals surface area contributed by atoms with E-state index in [9.17, 15) is 14.9 Å². The lowest BCUT2D eigenvalue weighted by Crippen LogP contribution is -2.56. The van der Waals surface area contributed by atoms with Crippen LogP contribution >= 0.6 is 58.6 Å². The molecule has 12 heteroatoms. The minimum Gasteiger partial charge on any atom is -0.339 e. The van der Waals surface area contributed by atoms with Crippen molar-refractivity contribution in [1.29, 1.82) is 0 Å². The molecule has 0 saturated carbocycles. The monoisotopic (exact) mass is 480 g/mol. The Hall–Kier alpha value is -1.84. The van der Waals surface area contributed by atoms with Crippen molar-refractivity contribution >= 4 is 81.0 Å². The Balaban J connectivity index is 2.12. The van der Waals surface area contributed by atoms with Crippen molar-refractivity contribution in [3.63, 3.8) is 0 Å². The minimum absolute atomic E-state index is 0.0141. The number of hydrogen-bond acceptors (Lipinski definition) is 4. The van der Waals surface area contributed by atoms with Gasteiger partial charge in [-0.15, -0.1) is 0 Å². The van der Waals surface area contributed by atoms with Crippen LogP contribution < -0.4 is 16.0 Å². The highest BCUT2D eigenvalue weighted by Crippen LogP contribution is 2.29. The Morgan fingerprint density at radius 1 is 1.11 bits per heavy atom. The molecule has 2 rings (SSSR count). The third-order valence-corrected chi connectivity index (χ3v) is 4.52. The number of thiocarbonyl (C=S) groups is 1. The summed E-state index contributed by atoms with van der Waals surface area (Å²) >= 11 is 29.0. The van der Waals surface area contributed by atoms with Crippen LogP contribution in [0.5, 0.6) is 0 Å². The van der Waals surface area contributed by atoms with E-state index in [0.29, 0.717) is 10.7 Å². The number of alkyl halides is 3. The lowest BCUT2D eigenvalue weighted by atomic mass is 10.2. The van der Waals surface area contributed by atoms with Crippen molar-refractivity contribution in [3.05, 3.63) is 69.2 Å². The SMILES string of the molecule is O=C(N[C@H](NC(=S)Nc1ccccc1Cl)C(Cl)(Cl)Cl)c1cccc([N+](=O)[O-])c1. The molecular weight excluding hydrogens is 470 g/mol. The lowest BCUT2D eigenvalue weighted by molar-refractivity contribution is -0.384. The van der Waals surface area contributed by atoms with Gasteiger partial charge < -0.3 is 16.0 Å². The molecule has 7 nitrogen and oxygen atoms in total. The Labute approximate surface area is 185 Å². The van der Waals surface area contributed by atoms with Gasteiger partial charge in [0, 0.05) is 17.7 Å². The highest BCUT2D eigenvalue weighted by molar-refractivity contribution is 7.80. The number of nitro groups is 1. The van der Waals surface area contributed by atoms with E-state index in [4.69, 9.17) is 58.6 Å². The largest absolute Gasteiger partial charge is 0.339 e. The van der Waals surface area contributed by atoms with Crippen molar-refractivity contribution in [3.8, 4) is 0 Å². The van der Waals surface area contributed by atoms with E-state index in [1.807, 2.05) is 0 Å². The van der Waals surface area contributed by atoms with E-state index in [1.165, 1.54) is 18.2 Å². The summed E-state index contributed by atoms with van der Waals surface area (Å²) < 4.78 is -1.98. The number of amides is 1. The van der Waals surface area contributed by atoms with Gasteiger partial charge in [0.2, 0.25) is 3.79 Å². The van der Waals surface area contributed by atoms with Crippen LogP contribution in [0.3, 0.4) is 0 Å². The van der Waals surface area contributed by atoms with Crippen LogP contribution in [-0.4, -0.2) is 25.9 Å². The maximum atomic E-state index is 12.4. The van der Waals surface area contributed by atoms with Crippen molar-refractivity contribution in [2.24, 2.45) is 0 Å². The molecule has 2 aromatic carbocycles. The van der Waals surface area contributed by atoms with Crippen LogP contribution in [0.4, 0.5) is 11.4 Å². The van der Waals surface area contributed by atoms with E-state index in [0.717, 1.165) is 6.07 Å². The summed E-state index contributed by atoms with van der Waals surface area (Å²) in [6, 6.07) is 11.9. The molecule has 0 spiro atoms. The summed E-state index contributed by atoms with van der Waals surface area (Å²) in [6.45, 7) is 0. The molecule has 0 aliphatic rings. The molecule has 0 saturated heterocycles. The first kappa shape index (κ1) is 22.4. The Kier molecular flexibility index (Phi) is 7.68. The van der Waals surface area contributed by atoms with Crippen LogP contribution in [0, 0.1) is 10.1 Å². The topological polar surface area (TPSA) is 96.3 Å². The van der Waals surface area contributed by atoms with Crippen molar-refractivity contribution in [2.75, 3.05) is 5.32 Å².